The Hall–Kier alpha value is -0.160. The molecule has 0 radical (unpaired) electrons. The molecular weight excluding hydrogens is 290 g/mol. The Balaban J connectivity index is 2.43. The van der Waals surface area contributed by atoms with Crippen molar-refractivity contribution in [3.8, 4) is 0 Å². The molecule has 0 unspecified atom stereocenters. The minimum atomic E-state index is -0.809. The van der Waals surface area contributed by atoms with E-state index in [4.69, 9.17) is 0 Å². The topological polar surface area (TPSA) is 63.9 Å². The van der Waals surface area contributed by atoms with E-state index in [1.54, 1.807) is 0 Å². The first-order valence-electron chi connectivity index (χ1n) is 9.90. The zero-order valence-electron chi connectivity index (χ0n) is 15.3. The molecule has 1 rings (SSSR count). The van der Waals surface area contributed by atoms with Gasteiger partial charge in [-0.3, -0.25) is 4.90 Å². The lowest BCUT2D eigenvalue weighted by molar-refractivity contribution is 0.0173. The highest BCUT2D eigenvalue weighted by atomic mass is 16.3. The molecule has 0 aromatic rings. The first kappa shape index (κ1) is 20.9. The van der Waals surface area contributed by atoms with Crippen LogP contribution in [-0.2, 0) is 0 Å². The van der Waals surface area contributed by atoms with Gasteiger partial charge in [0.25, 0.3) is 0 Å². The van der Waals surface area contributed by atoms with Gasteiger partial charge in [0.05, 0.1) is 24.9 Å². The van der Waals surface area contributed by atoms with Crippen molar-refractivity contribution in [1.29, 1.82) is 0 Å². The highest BCUT2D eigenvalue weighted by Crippen LogP contribution is 2.29. The quantitative estimate of drug-likeness (QED) is 0.454. The van der Waals surface area contributed by atoms with Crippen LogP contribution in [0.15, 0.2) is 0 Å². The first-order valence-corrected chi connectivity index (χ1v) is 9.90. The maximum atomic E-state index is 10.4. The molecule has 138 valence electrons. The summed E-state index contributed by atoms with van der Waals surface area (Å²) in [6.07, 6.45) is 11.5. The summed E-state index contributed by atoms with van der Waals surface area (Å²) in [5.74, 6) is 0. The van der Waals surface area contributed by atoms with Gasteiger partial charge in [0, 0.05) is 6.04 Å². The van der Waals surface area contributed by atoms with E-state index in [-0.39, 0.29) is 18.7 Å². The normalized spacial score (nSPS) is 28.6. The van der Waals surface area contributed by atoms with Gasteiger partial charge in [-0.2, -0.15) is 0 Å². The maximum absolute atomic E-state index is 10.4. The van der Waals surface area contributed by atoms with Crippen LogP contribution in [0.1, 0.15) is 84.5 Å². The van der Waals surface area contributed by atoms with Crippen LogP contribution in [0, 0.1) is 0 Å². The predicted octanol–water partition coefficient (Wildman–Crippen LogP) is 3.08. The number of likely N-dealkylation sites (tertiary alicyclic amines) is 1. The molecule has 3 N–H and O–H groups in total. The number of unbranched alkanes of at least 4 members (excludes halogenated alkanes) is 8. The summed E-state index contributed by atoms with van der Waals surface area (Å²) >= 11 is 0. The molecule has 0 saturated carbocycles. The summed E-state index contributed by atoms with van der Waals surface area (Å²) in [6.45, 7) is 5.22. The molecule has 1 fully saturated rings. The van der Waals surface area contributed by atoms with Gasteiger partial charge in [0.2, 0.25) is 0 Å². The van der Waals surface area contributed by atoms with Crippen molar-refractivity contribution in [1.82, 2.24) is 4.90 Å². The fourth-order valence-electron chi connectivity index (χ4n) is 3.83. The van der Waals surface area contributed by atoms with E-state index in [2.05, 4.69) is 18.7 Å². The summed E-state index contributed by atoms with van der Waals surface area (Å²) in [5, 5.41) is 30.2. The molecule has 4 atom stereocenters. The minimum absolute atomic E-state index is 0.00921. The van der Waals surface area contributed by atoms with Gasteiger partial charge in [-0.1, -0.05) is 71.6 Å². The lowest BCUT2D eigenvalue weighted by atomic mass is 10.0. The second-order valence-electron chi connectivity index (χ2n) is 7.15. The number of hydrogen-bond acceptors (Lipinski definition) is 4. The third-order valence-electron chi connectivity index (χ3n) is 5.30. The van der Waals surface area contributed by atoms with Gasteiger partial charge >= 0.3 is 0 Å². The molecule has 1 aliphatic heterocycles. The third kappa shape index (κ3) is 6.69. The Morgan fingerprint density at radius 1 is 0.696 bits per heavy atom. The first-order chi connectivity index (χ1) is 11.2. The van der Waals surface area contributed by atoms with Gasteiger partial charge in [0.1, 0.15) is 0 Å². The standard InChI is InChI=1S/C19H39NO3/c1-3-5-7-9-10-11-13-16-18(22)19(23)17(15-21)20(16)14-12-8-6-4-2/h16-19,21-23H,3-15H2,1-2H3/t16-,17-,18+,19+/m0/s1. The lowest BCUT2D eigenvalue weighted by Gasteiger charge is -2.29. The molecule has 23 heavy (non-hydrogen) atoms. The van der Waals surface area contributed by atoms with E-state index in [0.29, 0.717) is 0 Å². The maximum Gasteiger partial charge on any atom is 0.0991 e. The molecule has 0 bridgehead atoms. The highest BCUT2D eigenvalue weighted by Gasteiger charge is 2.46. The number of aliphatic hydroxyl groups is 3. The van der Waals surface area contributed by atoms with Crippen LogP contribution in [0.5, 0.6) is 0 Å². The molecule has 4 heteroatoms. The van der Waals surface area contributed by atoms with Crippen molar-refractivity contribution in [2.75, 3.05) is 13.2 Å². The van der Waals surface area contributed by atoms with E-state index in [0.717, 1.165) is 25.8 Å². The predicted molar refractivity (Wildman–Crippen MR) is 95.5 cm³/mol. The molecule has 0 amide bonds. The van der Waals surface area contributed by atoms with E-state index in [1.807, 2.05) is 0 Å². The average molecular weight is 330 g/mol. The van der Waals surface area contributed by atoms with E-state index >= 15 is 0 Å². The van der Waals surface area contributed by atoms with E-state index < -0.39 is 12.2 Å². The molecule has 0 spiro atoms. The van der Waals surface area contributed by atoms with Gasteiger partial charge in [-0.25, -0.2) is 0 Å². The SMILES string of the molecule is CCCCCCCC[C@H]1[C@@H](O)[C@H](O)[C@H](CO)N1CCCCCC. The summed E-state index contributed by atoms with van der Waals surface area (Å²) in [5.41, 5.74) is 0. The summed E-state index contributed by atoms with van der Waals surface area (Å²) in [6, 6.07) is -0.285. The Morgan fingerprint density at radius 2 is 1.22 bits per heavy atom. The van der Waals surface area contributed by atoms with Crippen molar-refractivity contribution in [3.63, 3.8) is 0 Å². The van der Waals surface area contributed by atoms with Crippen LogP contribution in [0.25, 0.3) is 0 Å². The van der Waals surface area contributed by atoms with Gasteiger partial charge in [-0.05, 0) is 19.4 Å². The van der Waals surface area contributed by atoms with Gasteiger partial charge in [-0.15, -0.1) is 0 Å². The number of nitrogens with zero attached hydrogens (tertiary/aromatic N) is 1. The average Bonchev–Trinajstić information content (AvgIpc) is 2.78. The van der Waals surface area contributed by atoms with Crippen LogP contribution < -0.4 is 0 Å². The molecule has 0 aromatic carbocycles. The summed E-state index contributed by atoms with van der Waals surface area (Å²) in [7, 11) is 0. The molecule has 1 aliphatic rings. The number of rotatable bonds is 13. The molecule has 0 aliphatic carbocycles. The molecule has 1 saturated heterocycles. The van der Waals surface area contributed by atoms with Crippen molar-refractivity contribution in [2.45, 2.75) is 109 Å². The zero-order chi connectivity index (χ0) is 17.1. The number of hydrogen-bond donors (Lipinski definition) is 3. The van der Waals surface area contributed by atoms with Crippen molar-refractivity contribution in [3.05, 3.63) is 0 Å². The third-order valence-corrected chi connectivity index (χ3v) is 5.30. The Kier molecular flexibility index (Phi) is 11.1. The van der Waals surface area contributed by atoms with Crippen molar-refractivity contribution in [2.24, 2.45) is 0 Å². The minimum Gasteiger partial charge on any atom is -0.395 e. The summed E-state index contributed by atoms with van der Waals surface area (Å²) in [4.78, 5) is 2.18. The zero-order valence-corrected chi connectivity index (χ0v) is 15.3. The molecule has 4 nitrogen and oxygen atoms in total. The highest BCUT2D eigenvalue weighted by molar-refractivity contribution is 5.00. The largest absolute Gasteiger partial charge is 0.395 e. The van der Waals surface area contributed by atoms with Crippen LogP contribution in [0.2, 0.25) is 0 Å². The van der Waals surface area contributed by atoms with Gasteiger partial charge in [0.15, 0.2) is 0 Å². The molecular formula is C19H39NO3. The molecule has 0 aromatic heterocycles. The lowest BCUT2D eigenvalue weighted by Crippen LogP contribution is -2.42. The van der Waals surface area contributed by atoms with Crippen LogP contribution in [0.4, 0.5) is 0 Å². The van der Waals surface area contributed by atoms with Crippen molar-refractivity contribution < 1.29 is 15.3 Å². The fraction of sp³-hybridized carbons (Fsp3) is 1.00. The second-order valence-corrected chi connectivity index (χ2v) is 7.15. The Bertz CT molecular complexity index is 288. The summed E-state index contributed by atoms with van der Waals surface area (Å²) < 4.78 is 0. The Morgan fingerprint density at radius 3 is 1.83 bits per heavy atom. The number of aliphatic hydroxyl groups excluding tert-OH is 3. The monoisotopic (exact) mass is 329 g/mol. The van der Waals surface area contributed by atoms with Crippen LogP contribution in [0.3, 0.4) is 0 Å². The van der Waals surface area contributed by atoms with Gasteiger partial charge < -0.3 is 15.3 Å². The fourth-order valence-corrected chi connectivity index (χ4v) is 3.83. The van der Waals surface area contributed by atoms with Crippen molar-refractivity contribution >= 4 is 0 Å². The Labute approximate surface area is 142 Å². The smallest absolute Gasteiger partial charge is 0.0991 e. The van der Waals surface area contributed by atoms with E-state index in [1.165, 1.54) is 51.4 Å². The molecule has 1 heterocycles. The van der Waals surface area contributed by atoms with Crippen LogP contribution in [-0.4, -0.2) is 57.7 Å². The van der Waals surface area contributed by atoms with Crippen LogP contribution >= 0.6 is 0 Å². The second kappa shape index (κ2) is 12.2. The van der Waals surface area contributed by atoms with E-state index in [9.17, 15) is 15.3 Å².